The number of rotatable bonds is 7. The van der Waals surface area contributed by atoms with E-state index in [4.69, 9.17) is 14.1 Å². The molecule has 2 aromatic carbocycles. The molecule has 0 aliphatic heterocycles. The standard InChI is InChI=1S/C27H23N5O4/c1-2-35-27(34)30-20-12-10-19(11-13-20)29-26(33)22-15-24(18-7-4-3-5-8-18)31-25-23(22)16-28-32(25)17-21-9-6-14-36-21/h3-16H,2,17H2,1H3,(H,29,33)(H,30,34). The third-order valence-electron chi connectivity index (χ3n) is 5.47. The molecule has 0 atom stereocenters. The highest BCUT2D eigenvalue weighted by molar-refractivity contribution is 6.12. The van der Waals surface area contributed by atoms with E-state index in [0.29, 0.717) is 40.2 Å². The van der Waals surface area contributed by atoms with E-state index >= 15 is 0 Å². The molecule has 2 N–H and O–H groups in total. The van der Waals surface area contributed by atoms with Gasteiger partial charge in [0, 0.05) is 16.9 Å². The van der Waals surface area contributed by atoms with Crippen LogP contribution in [0.4, 0.5) is 16.2 Å². The van der Waals surface area contributed by atoms with Crippen LogP contribution in [0.3, 0.4) is 0 Å². The van der Waals surface area contributed by atoms with Crippen LogP contribution in [0.2, 0.25) is 0 Å². The topological polar surface area (TPSA) is 111 Å². The molecule has 0 bridgehead atoms. The molecule has 3 aromatic heterocycles. The third-order valence-corrected chi connectivity index (χ3v) is 5.47. The molecule has 9 heteroatoms. The zero-order valence-corrected chi connectivity index (χ0v) is 19.5. The van der Waals surface area contributed by atoms with Crippen molar-refractivity contribution in [2.75, 3.05) is 17.2 Å². The van der Waals surface area contributed by atoms with Crippen molar-refractivity contribution in [2.45, 2.75) is 13.5 Å². The molecule has 5 rings (SSSR count). The predicted molar refractivity (Wildman–Crippen MR) is 136 cm³/mol. The molecule has 0 spiro atoms. The van der Waals surface area contributed by atoms with Gasteiger partial charge in [0.25, 0.3) is 5.91 Å². The lowest BCUT2D eigenvalue weighted by Crippen LogP contribution is -2.14. The Morgan fingerprint density at radius 3 is 2.42 bits per heavy atom. The van der Waals surface area contributed by atoms with Crippen molar-refractivity contribution < 1.29 is 18.7 Å². The van der Waals surface area contributed by atoms with Gasteiger partial charge in [-0.2, -0.15) is 5.10 Å². The molecular weight excluding hydrogens is 458 g/mol. The van der Waals surface area contributed by atoms with Gasteiger partial charge < -0.3 is 14.5 Å². The Kier molecular flexibility index (Phi) is 6.44. The monoisotopic (exact) mass is 481 g/mol. The van der Waals surface area contributed by atoms with Gasteiger partial charge in [0.05, 0.1) is 35.7 Å². The van der Waals surface area contributed by atoms with E-state index in [9.17, 15) is 9.59 Å². The number of pyridine rings is 1. The molecule has 5 aromatic rings. The van der Waals surface area contributed by atoms with Gasteiger partial charge in [0.1, 0.15) is 12.3 Å². The highest BCUT2D eigenvalue weighted by Gasteiger charge is 2.18. The van der Waals surface area contributed by atoms with E-state index in [2.05, 4.69) is 15.7 Å². The third kappa shape index (κ3) is 4.95. The molecule has 36 heavy (non-hydrogen) atoms. The molecule has 0 radical (unpaired) electrons. The number of nitrogens with zero attached hydrogens (tertiary/aromatic N) is 3. The average Bonchev–Trinajstić information content (AvgIpc) is 3.56. The Balaban J connectivity index is 1.46. The quantitative estimate of drug-likeness (QED) is 0.315. The maximum Gasteiger partial charge on any atom is 0.411 e. The largest absolute Gasteiger partial charge is 0.467 e. The molecule has 2 amide bonds. The number of carbonyl (C=O) groups is 2. The van der Waals surface area contributed by atoms with E-state index in [1.54, 1.807) is 54.4 Å². The number of furan rings is 1. The number of ether oxygens (including phenoxy) is 1. The Hall–Kier alpha value is -4.92. The zero-order valence-electron chi connectivity index (χ0n) is 19.5. The van der Waals surface area contributed by atoms with Crippen LogP contribution < -0.4 is 10.6 Å². The van der Waals surface area contributed by atoms with Gasteiger partial charge in [0.15, 0.2) is 5.65 Å². The maximum absolute atomic E-state index is 13.4. The summed E-state index contributed by atoms with van der Waals surface area (Å²) in [6.07, 6.45) is 2.71. The van der Waals surface area contributed by atoms with Gasteiger partial charge in [-0.3, -0.25) is 10.1 Å². The van der Waals surface area contributed by atoms with E-state index in [-0.39, 0.29) is 12.5 Å². The number of anilines is 2. The van der Waals surface area contributed by atoms with Crippen molar-refractivity contribution in [3.8, 4) is 11.3 Å². The fraction of sp³-hybridized carbons (Fsp3) is 0.111. The summed E-state index contributed by atoms with van der Waals surface area (Å²) in [5.41, 5.74) is 3.69. The molecule has 180 valence electrons. The van der Waals surface area contributed by atoms with Gasteiger partial charge in [-0.15, -0.1) is 0 Å². The SMILES string of the molecule is CCOC(=O)Nc1ccc(NC(=O)c2cc(-c3ccccc3)nc3c2cnn3Cc2ccco2)cc1. The highest BCUT2D eigenvalue weighted by atomic mass is 16.5. The molecule has 0 saturated heterocycles. The van der Waals surface area contributed by atoms with E-state index < -0.39 is 6.09 Å². The first-order valence-corrected chi connectivity index (χ1v) is 11.4. The van der Waals surface area contributed by atoms with Gasteiger partial charge in [-0.1, -0.05) is 30.3 Å². The number of amides is 2. The van der Waals surface area contributed by atoms with Crippen LogP contribution in [0.5, 0.6) is 0 Å². The molecular formula is C27H23N5O4. The van der Waals surface area contributed by atoms with Crippen LogP contribution in [-0.2, 0) is 11.3 Å². The average molecular weight is 482 g/mol. The molecule has 3 heterocycles. The first kappa shape index (κ1) is 22.9. The van der Waals surface area contributed by atoms with Gasteiger partial charge in [0.2, 0.25) is 0 Å². The number of hydrogen-bond donors (Lipinski definition) is 2. The first-order chi connectivity index (χ1) is 17.6. The lowest BCUT2D eigenvalue weighted by Gasteiger charge is -2.10. The summed E-state index contributed by atoms with van der Waals surface area (Å²) >= 11 is 0. The Morgan fingerprint density at radius 1 is 0.972 bits per heavy atom. The van der Waals surface area contributed by atoms with Crippen molar-refractivity contribution in [3.63, 3.8) is 0 Å². The summed E-state index contributed by atoms with van der Waals surface area (Å²) in [5.74, 6) is 0.428. The summed E-state index contributed by atoms with van der Waals surface area (Å²) in [4.78, 5) is 29.8. The number of carbonyl (C=O) groups excluding carboxylic acids is 2. The minimum atomic E-state index is -0.534. The molecule has 9 nitrogen and oxygen atoms in total. The lowest BCUT2D eigenvalue weighted by atomic mass is 10.1. The Morgan fingerprint density at radius 2 is 1.72 bits per heavy atom. The van der Waals surface area contributed by atoms with Gasteiger partial charge >= 0.3 is 6.09 Å². The second kappa shape index (κ2) is 10.1. The number of benzene rings is 2. The van der Waals surface area contributed by atoms with Crippen LogP contribution in [0.25, 0.3) is 22.3 Å². The van der Waals surface area contributed by atoms with Crippen molar-refractivity contribution in [1.29, 1.82) is 0 Å². The Bertz CT molecular complexity index is 1490. The molecule has 0 saturated carbocycles. The smallest absolute Gasteiger partial charge is 0.411 e. The van der Waals surface area contributed by atoms with Crippen LogP contribution >= 0.6 is 0 Å². The number of nitrogens with one attached hydrogen (secondary N) is 2. The minimum absolute atomic E-state index is 0.281. The van der Waals surface area contributed by atoms with Gasteiger partial charge in [-0.25, -0.2) is 14.5 Å². The summed E-state index contributed by atoms with van der Waals surface area (Å²) < 4.78 is 12.1. The molecule has 0 aliphatic rings. The van der Waals surface area contributed by atoms with Crippen molar-refractivity contribution in [3.05, 3.63) is 96.6 Å². The predicted octanol–water partition coefficient (Wildman–Crippen LogP) is 5.56. The summed E-state index contributed by atoms with van der Waals surface area (Å²) in [6.45, 7) is 2.40. The highest BCUT2D eigenvalue weighted by Crippen LogP contribution is 2.26. The van der Waals surface area contributed by atoms with Crippen molar-refractivity contribution in [1.82, 2.24) is 14.8 Å². The fourth-order valence-corrected chi connectivity index (χ4v) is 3.78. The maximum atomic E-state index is 13.4. The molecule has 0 aliphatic carbocycles. The summed E-state index contributed by atoms with van der Waals surface area (Å²) in [6, 6.07) is 21.9. The summed E-state index contributed by atoms with van der Waals surface area (Å²) in [5, 5.41) is 10.6. The number of fused-ring (bicyclic) bond motifs is 1. The van der Waals surface area contributed by atoms with Crippen LogP contribution in [-0.4, -0.2) is 33.4 Å². The van der Waals surface area contributed by atoms with Crippen molar-refractivity contribution >= 4 is 34.4 Å². The van der Waals surface area contributed by atoms with E-state index in [1.807, 2.05) is 42.5 Å². The van der Waals surface area contributed by atoms with Crippen LogP contribution in [0, 0.1) is 0 Å². The fourth-order valence-electron chi connectivity index (χ4n) is 3.78. The molecule has 0 fully saturated rings. The van der Waals surface area contributed by atoms with Crippen LogP contribution in [0.15, 0.2) is 89.7 Å². The normalized spacial score (nSPS) is 10.8. The second-order valence-corrected chi connectivity index (χ2v) is 7.92. The number of hydrogen-bond acceptors (Lipinski definition) is 6. The van der Waals surface area contributed by atoms with Gasteiger partial charge in [-0.05, 0) is 49.4 Å². The van der Waals surface area contributed by atoms with Crippen molar-refractivity contribution in [2.24, 2.45) is 0 Å². The van der Waals surface area contributed by atoms with E-state index in [0.717, 1.165) is 11.3 Å². The minimum Gasteiger partial charge on any atom is -0.467 e. The first-order valence-electron chi connectivity index (χ1n) is 11.4. The zero-order chi connectivity index (χ0) is 24.9. The van der Waals surface area contributed by atoms with E-state index in [1.165, 1.54) is 0 Å². The second-order valence-electron chi connectivity index (χ2n) is 7.92. The Labute approximate surface area is 206 Å². The number of aromatic nitrogens is 3. The lowest BCUT2D eigenvalue weighted by molar-refractivity contribution is 0.102. The summed E-state index contributed by atoms with van der Waals surface area (Å²) in [7, 11) is 0. The van der Waals surface area contributed by atoms with Crippen LogP contribution in [0.1, 0.15) is 23.0 Å². The molecule has 0 unspecified atom stereocenters.